The molecule has 1 heterocycles. The van der Waals surface area contributed by atoms with Gasteiger partial charge in [0, 0.05) is 16.5 Å². The molecule has 0 aliphatic heterocycles. The monoisotopic (exact) mass is 217 g/mol. The maximum absolute atomic E-state index is 4.44. The molecular weight excluding hydrogens is 202 g/mol. The Morgan fingerprint density at radius 1 is 1.20 bits per heavy atom. The van der Waals surface area contributed by atoms with Crippen LogP contribution < -0.4 is 0 Å². The Morgan fingerprint density at radius 3 is 2.93 bits per heavy atom. The van der Waals surface area contributed by atoms with Crippen molar-refractivity contribution in [2.24, 2.45) is 0 Å². The Balaban J connectivity index is 2.26. The van der Waals surface area contributed by atoms with E-state index < -0.39 is 0 Å². The van der Waals surface area contributed by atoms with E-state index in [2.05, 4.69) is 36.2 Å². The van der Waals surface area contributed by atoms with Crippen molar-refractivity contribution in [1.29, 1.82) is 0 Å². The van der Waals surface area contributed by atoms with E-state index in [1.807, 2.05) is 24.0 Å². The number of thioether (sulfide) groups is 1. The van der Waals surface area contributed by atoms with Crippen molar-refractivity contribution >= 4 is 22.7 Å². The standard InChI is InChI=1S/C13H15NS/c1-2-3-10-15-12-8-4-6-11-7-5-9-14-13(11)12/h4-9H,2-3,10H2,1H3. The third kappa shape index (κ3) is 2.51. The number of unbranched alkanes of at least 4 members (excludes halogenated alkanes) is 1. The average molecular weight is 217 g/mol. The van der Waals surface area contributed by atoms with E-state index in [1.165, 1.54) is 28.9 Å². The third-order valence-electron chi connectivity index (χ3n) is 2.35. The molecule has 0 amide bonds. The highest BCUT2D eigenvalue weighted by Crippen LogP contribution is 2.26. The summed E-state index contributed by atoms with van der Waals surface area (Å²) in [6, 6.07) is 10.5. The predicted molar refractivity (Wildman–Crippen MR) is 67.4 cm³/mol. The molecule has 0 radical (unpaired) electrons. The third-order valence-corrected chi connectivity index (χ3v) is 3.48. The lowest BCUT2D eigenvalue weighted by Crippen LogP contribution is -1.83. The fourth-order valence-electron chi connectivity index (χ4n) is 1.52. The first-order chi connectivity index (χ1) is 7.42. The molecule has 0 saturated carbocycles. The number of para-hydroxylation sites is 1. The molecular formula is C13H15NS. The van der Waals surface area contributed by atoms with Crippen LogP contribution in [0.2, 0.25) is 0 Å². The summed E-state index contributed by atoms with van der Waals surface area (Å²) in [5, 5.41) is 1.24. The second-order valence-corrected chi connectivity index (χ2v) is 4.67. The van der Waals surface area contributed by atoms with Gasteiger partial charge in [0.1, 0.15) is 0 Å². The van der Waals surface area contributed by atoms with Crippen molar-refractivity contribution < 1.29 is 0 Å². The van der Waals surface area contributed by atoms with Gasteiger partial charge >= 0.3 is 0 Å². The van der Waals surface area contributed by atoms with Gasteiger partial charge in [-0.05, 0) is 24.3 Å². The largest absolute Gasteiger partial charge is 0.255 e. The molecule has 0 aliphatic rings. The van der Waals surface area contributed by atoms with Crippen molar-refractivity contribution in [2.75, 3.05) is 5.75 Å². The van der Waals surface area contributed by atoms with Crippen LogP contribution in [-0.4, -0.2) is 10.7 Å². The van der Waals surface area contributed by atoms with E-state index in [-0.39, 0.29) is 0 Å². The normalized spacial score (nSPS) is 10.7. The zero-order chi connectivity index (χ0) is 10.5. The Bertz CT molecular complexity index is 434. The highest BCUT2D eigenvalue weighted by molar-refractivity contribution is 7.99. The quantitative estimate of drug-likeness (QED) is 0.564. The zero-order valence-electron chi connectivity index (χ0n) is 8.94. The van der Waals surface area contributed by atoms with Gasteiger partial charge in [-0.3, -0.25) is 4.98 Å². The first kappa shape index (κ1) is 10.5. The minimum absolute atomic E-state index is 1.14. The lowest BCUT2D eigenvalue weighted by atomic mass is 10.2. The van der Waals surface area contributed by atoms with Crippen LogP contribution in [0.25, 0.3) is 10.9 Å². The van der Waals surface area contributed by atoms with Gasteiger partial charge in [-0.25, -0.2) is 0 Å². The molecule has 2 rings (SSSR count). The molecule has 1 aromatic carbocycles. The molecule has 0 saturated heterocycles. The number of hydrogen-bond donors (Lipinski definition) is 0. The summed E-state index contributed by atoms with van der Waals surface area (Å²) in [5.41, 5.74) is 1.14. The van der Waals surface area contributed by atoms with Gasteiger partial charge < -0.3 is 0 Å². The molecule has 2 heteroatoms. The van der Waals surface area contributed by atoms with Crippen LogP contribution in [0.4, 0.5) is 0 Å². The molecule has 0 bridgehead atoms. The summed E-state index contributed by atoms with van der Waals surface area (Å²) >= 11 is 1.91. The average Bonchev–Trinajstić information content (AvgIpc) is 2.30. The Morgan fingerprint density at radius 2 is 2.07 bits per heavy atom. The summed E-state index contributed by atoms with van der Waals surface area (Å²) < 4.78 is 0. The first-order valence-corrected chi connectivity index (χ1v) is 6.37. The number of pyridine rings is 1. The molecule has 0 fully saturated rings. The highest BCUT2D eigenvalue weighted by Gasteiger charge is 2.01. The van der Waals surface area contributed by atoms with E-state index in [9.17, 15) is 0 Å². The van der Waals surface area contributed by atoms with E-state index >= 15 is 0 Å². The van der Waals surface area contributed by atoms with Crippen LogP contribution in [-0.2, 0) is 0 Å². The van der Waals surface area contributed by atoms with E-state index in [0.717, 1.165) is 5.52 Å². The number of nitrogens with zero attached hydrogens (tertiary/aromatic N) is 1. The van der Waals surface area contributed by atoms with Gasteiger partial charge in [0.2, 0.25) is 0 Å². The van der Waals surface area contributed by atoms with Gasteiger partial charge in [0.15, 0.2) is 0 Å². The molecule has 1 aromatic heterocycles. The molecule has 78 valence electrons. The number of fused-ring (bicyclic) bond motifs is 1. The second kappa shape index (κ2) is 5.17. The summed E-state index contributed by atoms with van der Waals surface area (Å²) in [5.74, 6) is 1.19. The SMILES string of the molecule is CCCCSc1cccc2cccnc12. The number of hydrogen-bond acceptors (Lipinski definition) is 2. The van der Waals surface area contributed by atoms with Crippen molar-refractivity contribution in [1.82, 2.24) is 4.98 Å². The first-order valence-electron chi connectivity index (χ1n) is 5.38. The summed E-state index contributed by atoms with van der Waals surface area (Å²) in [6.45, 7) is 2.22. The van der Waals surface area contributed by atoms with E-state index in [4.69, 9.17) is 0 Å². The number of rotatable bonds is 4. The van der Waals surface area contributed by atoms with Crippen LogP contribution in [0.5, 0.6) is 0 Å². The summed E-state index contributed by atoms with van der Waals surface area (Å²) in [7, 11) is 0. The summed E-state index contributed by atoms with van der Waals surface area (Å²) in [4.78, 5) is 5.75. The zero-order valence-corrected chi connectivity index (χ0v) is 9.76. The number of benzene rings is 1. The molecule has 0 unspecified atom stereocenters. The van der Waals surface area contributed by atoms with Crippen molar-refractivity contribution in [3.63, 3.8) is 0 Å². The van der Waals surface area contributed by atoms with Crippen LogP contribution in [0, 0.1) is 0 Å². The fraction of sp³-hybridized carbons (Fsp3) is 0.308. The molecule has 0 aliphatic carbocycles. The molecule has 0 atom stereocenters. The number of aromatic nitrogens is 1. The Labute approximate surface area is 94.9 Å². The Kier molecular flexibility index (Phi) is 3.62. The lowest BCUT2D eigenvalue weighted by molar-refractivity contribution is 0.896. The maximum atomic E-state index is 4.44. The molecule has 2 aromatic rings. The fourth-order valence-corrected chi connectivity index (χ4v) is 2.65. The van der Waals surface area contributed by atoms with Crippen LogP contribution >= 0.6 is 11.8 Å². The van der Waals surface area contributed by atoms with E-state index in [0.29, 0.717) is 0 Å². The predicted octanol–water partition coefficient (Wildman–Crippen LogP) is 4.13. The van der Waals surface area contributed by atoms with Crippen LogP contribution in [0.1, 0.15) is 19.8 Å². The van der Waals surface area contributed by atoms with Crippen LogP contribution in [0.15, 0.2) is 41.4 Å². The van der Waals surface area contributed by atoms with Crippen LogP contribution in [0.3, 0.4) is 0 Å². The van der Waals surface area contributed by atoms with Gasteiger partial charge in [0.05, 0.1) is 5.52 Å². The lowest BCUT2D eigenvalue weighted by Gasteiger charge is -2.04. The van der Waals surface area contributed by atoms with Gasteiger partial charge in [0.25, 0.3) is 0 Å². The van der Waals surface area contributed by atoms with Gasteiger partial charge in [-0.1, -0.05) is 31.5 Å². The van der Waals surface area contributed by atoms with Gasteiger partial charge in [-0.2, -0.15) is 0 Å². The maximum Gasteiger partial charge on any atom is 0.0837 e. The van der Waals surface area contributed by atoms with Crippen molar-refractivity contribution in [2.45, 2.75) is 24.7 Å². The Hall–Kier alpha value is -1.02. The minimum atomic E-state index is 1.14. The second-order valence-electron chi connectivity index (χ2n) is 3.53. The molecule has 0 spiro atoms. The minimum Gasteiger partial charge on any atom is -0.255 e. The smallest absolute Gasteiger partial charge is 0.0837 e. The van der Waals surface area contributed by atoms with Gasteiger partial charge in [-0.15, -0.1) is 11.8 Å². The molecule has 1 nitrogen and oxygen atoms in total. The highest BCUT2D eigenvalue weighted by atomic mass is 32.2. The molecule has 0 N–H and O–H groups in total. The summed E-state index contributed by atoms with van der Waals surface area (Å²) in [6.07, 6.45) is 4.39. The van der Waals surface area contributed by atoms with Crippen molar-refractivity contribution in [3.8, 4) is 0 Å². The van der Waals surface area contributed by atoms with E-state index in [1.54, 1.807) is 0 Å². The van der Waals surface area contributed by atoms with Crippen molar-refractivity contribution in [3.05, 3.63) is 36.5 Å². The molecule has 15 heavy (non-hydrogen) atoms. The topological polar surface area (TPSA) is 12.9 Å².